The molecule has 0 saturated carbocycles. The van der Waals surface area contributed by atoms with E-state index in [1.807, 2.05) is 6.08 Å². The molecule has 0 heterocycles. The van der Waals surface area contributed by atoms with Crippen molar-refractivity contribution in [3.8, 4) is 0 Å². The molecule has 0 saturated heterocycles. The van der Waals surface area contributed by atoms with Gasteiger partial charge in [-0.05, 0) is 116 Å². The number of carbonyl (C=O) groups is 3. The van der Waals surface area contributed by atoms with Crippen molar-refractivity contribution >= 4 is 17.9 Å². The van der Waals surface area contributed by atoms with Crippen LogP contribution in [0.5, 0.6) is 0 Å². The number of unbranched alkanes of at least 4 members (excludes halogenated alkanes) is 28. The molecule has 0 aromatic heterocycles. The topological polar surface area (TPSA) is 78.9 Å². The van der Waals surface area contributed by atoms with Gasteiger partial charge in [-0.15, -0.1) is 0 Å². The average molecular weight is 1020 g/mol. The summed E-state index contributed by atoms with van der Waals surface area (Å²) in [6.45, 7) is 6.53. The second-order valence-corrected chi connectivity index (χ2v) is 20.2. The lowest BCUT2D eigenvalue weighted by Gasteiger charge is -2.18. The summed E-state index contributed by atoms with van der Waals surface area (Å²) in [5.41, 5.74) is 0. The number of esters is 3. The first-order valence-electron chi connectivity index (χ1n) is 30.7. The molecule has 6 nitrogen and oxygen atoms in total. The fourth-order valence-electron chi connectivity index (χ4n) is 8.39. The van der Waals surface area contributed by atoms with Crippen molar-refractivity contribution in [3.63, 3.8) is 0 Å². The third kappa shape index (κ3) is 59.1. The largest absolute Gasteiger partial charge is 0.462 e. The van der Waals surface area contributed by atoms with Crippen molar-refractivity contribution in [2.24, 2.45) is 0 Å². The monoisotopic (exact) mass is 1010 g/mol. The van der Waals surface area contributed by atoms with Gasteiger partial charge in [0.25, 0.3) is 0 Å². The number of rotatable bonds is 55. The zero-order chi connectivity index (χ0) is 52.9. The molecule has 0 N–H and O–H groups in total. The van der Waals surface area contributed by atoms with Gasteiger partial charge in [0.2, 0.25) is 0 Å². The van der Waals surface area contributed by atoms with Crippen molar-refractivity contribution in [2.75, 3.05) is 13.2 Å². The maximum absolute atomic E-state index is 12.9. The van der Waals surface area contributed by atoms with Gasteiger partial charge in [-0.1, -0.05) is 253 Å². The summed E-state index contributed by atoms with van der Waals surface area (Å²) in [4.78, 5) is 38.2. The standard InChI is InChI=1S/C67H114O6/c1-4-7-10-13-16-19-22-25-28-31-33-36-38-41-44-47-50-53-56-59-65(68)71-62-64(73-67(70)61-58-55-52-49-46-43-40-35-30-27-24-21-18-15-12-9-6-3)63-72-66(69)60-57-54-51-48-45-42-39-37-34-32-29-26-23-20-17-14-11-8-5-2/h16-17,19-20,25-30,33,36,41,44,50,53,64H,4-15,18,21-24,31-32,34-35,37-40,42-43,45-49,51-52,54-63H2,1-3H3/b19-16-,20-17-,28-25-,29-26-,30-27-,36-33-,44-41-,53-50-/t64-/m1/s1. The average Bonchev–Trinajstić information content (AvgIpc) is 3.39. The highest BCUT2D eigenvalue weighted by atomic mass is 16.6. The summed E-state index contributed by atoms with van der Waals surface area (Å²) in [5.74, 6) is -0.992. The van der Waals surface area contributed by atoms with Crippen LogP contribution in [-0.4, -0.2) is 37.2 Å². The van der Waals surface area contributed by atoms with Crippen molar-refractivity contribution in [3.05, 3.63) is 97.2 Å². The van der Waals surface area contributed by atoms with E-state index in [1.54, 1.807) is 0 Å². The highest BCUT2D eigenvalue weighted by Crippen LogP contribution is 2.15. The van der Waals surface area contributed by atoms with Gasteiger partial charge in [0.15, 0.2) is 6.10 Å². The Labute approximate surface area is 451 Å². The van der Waals surface area contributed by atoms with Gasteiger partial charge >= 0.3 is 17.9 Å². The molecule has 1 atom stereocenters. The normalized spacial score (nSPS) is 12.8. The van der Waals surface area contributed by atoms with E-state index in [-0.39, 0.29) is 37.5 Å². The number of hydrogen-bond acceptors (Lipinski definition) is 6. The van der Waals surface area contributed by atoms with Gasteiger partial charge in [-0.2, -0.15) is 0 Å². The first kappa shape index (κ1) is 69.3. The first-order valence-corrected chi connectivity index (χ1v) is 30.7. The number of allylic oxidation sites excluding steroid dienone is 16. The fourth-order valence-corrected chi connectivity index (χ4v) is 8.39. The van der Waals surface area contributed by atoms with Crippen LogP contribution in [0.1, 0.15) is 290 Å². The fraction of sp³-hybridized carbons (Fsp3) is 0.716. The van der Waals surface area contributed by atoms with E-state index in [0.717, 1.165) is 70.6 Å². The lowest BCUT2D eigenvalue weighted by atomic mass is 10.1. The summed E-state index contributed by atoms with van der Waals surface area (Å²) < 4.78 is 16.8. The van der Waals surface area contributed by atoms with Crippen LogP contribution in [0.3, 0.4) is 0 Å². The summed E-state index contributed by atoms with van der Waals surface area (Å²) >= 11 is 0. The molecule has 73 heavy (non-hydrogen) atoms. The molecule has 0 aromatic carbocycles. The van der Waals surface area contributed by atoms with Crippen LogP contribution in [0, 0.1) is 0 Å². The molecule has 0 radical (unpaired) electrons. The van der Waals surface area contributed by atoms with E-state index in [0.29, 0.717) is 19.3 Å². The van der Waals surface area contributed by atoms with E-state index < -0.39 is 6.10 Å². The molecule has 0 unspecified atom stereocenters. The Hall–Kier alpha value is -3.67. The van der Waals surface area contributed by atoms with E-state index >= 15 is 0 Å². The van der Waals surface area contributed by atoms with Crippen molar-refractivity contribution in [1.82, 2.24) is 0 Å². The zero-order valence-electron chi connectivity index (χ0n) is 47.9. The second kappa shape index (κ2) is 60.9. The Kier molecular flexibility index (Phi) is 57.8. The maximum Gasteiger partial charge on any atom is 0.306 e. The molecule has 0 spiro atoms. The molecule has 0 aromatic rings. The van der Waals surface area contributed by atoms with Gasteiger partial charge < -0.3 is 14.2 Å². The zero-order valence-corrected chi connectivity index (χ0v) is 47.9. The molecule has 0 aliphatic rings. The van der Waals surface area contributed by atoms with E-state index in [2.05, 4.69) is 112 Å². The van der Waals surface area contributed by atoms with Crippen LogP contribution in [0.4, 0.5) is 0 Å². The van der Waals surface area contributed by atoms with Gasteiger partial charge in [0.1, 0.15) is 13.2 Å². The third-order valence-corrected chi connectivity index (χ3v) is 13.0. The minimum absolute atomic E-state index is 0.104. The predicted octanol–water partition coefficient (Wildman–Crippen LogP) is 20.9. The van der Waals surface area contributed by atoms with Crippen LogP contribution in [-0.2, 0) is 28.6 Å². The molecule has 0 amide bonds. The van der Waals surface area contributed by atoms with Gasteiger partial charge in [0.05, 0.1) is 0 Å². The highest BCUT2D eigenvalue weighted by Gasteiger charge is 2.19. The lowest BCUT2D eigenvalue weighted by Crippen LogP contribution is -2.30. The summed E-state index contributed by atoms with van der Waals surface area (Å²) in [5, 5.41) is 0. The predicted molar refractivity (Wildman–Crippen MR) is 316 cm³/mol. The lowest BCUT2D eigenvalue weighted by molar-refractivity contribution is -0.166. The van der Waals surface area contributed by atoms with E-state index in [9.17, 15) is 14.4 Å². The Morgan fingerprint density at radius 2 is 0.521 bits per heavy atom. The molecule has 0 aliphatic heterocycles. The van der Waals surface area contributed by atoms with Crippen molar-refractivity contribution in [1.29, 1.82) is 0 Å². The van der Waals surface area contributed by atoms with Crippen LogP contribution in [0.25, 0.3) is 0 Å². The summed E-state index contributed by atoms with van der Waals surface area (Å²) in [6, 6.07) is 0. The third-order valence-electron chi connectivity index (χ3n) is 13.0. The van der Waals surface area contributed by atoms with Crippen LogP contribution in [0.15, 0.2) is 97.2 Å². The maximum atomic E-state index is 12.9. The van der Waals surface area contributed by atoms with Gasteiger partial charge in [-0.3, -0.25) is 14.4 Å². The van der Waals surface area contributed by atoms with E-state index in [4.69, 9.17) is 14.2 Å². The summed E-state index contributed by atoms with van der Waals surface area (Å²) in [6.07, 6.45) is 81.2. The highest BCUT2D eigenvalue weighted by molar-refractivity contribution is 5.71. The summed E-state index contributed by atoms with van der Waals surface area (Å²) in [7, 11) is 0. The van der Waals surface area contributed by atoms with Crippen LogP contribution in [0.2, 0.25) is 0 Å². The van der Waals surface area contributed by atoms with Crippen LogP contribution < -0.4 is 0 Å². The first-order chi connectivity index (χ1) is 36.0. The Balaban J connectivity index is 4.49. The number of ether oxygens (including phenoxy) is 3. The Morgan fingerprint density at radius 1 is 0.274 bits per heavy atom. The quantitative estimate of drug-likeness (QED) is 0.0261. The molecule has 0 aliphatic carbocycles. The SMILES string of the molecule is CCCCC/C=C\C/C=C\C/C=C\C/C=C\C/C=C\CCC(=O)OC[C@H](COC(=O)CCCCCCCCCCC/C=C\C/C=C\CCCCC)OC(=O)CCCCCCCCC/C=C\CCCCCCCC. The number of hydrogen-bond donors (Lipinski definition) is 0. The minimum atomic E-state index is -0.813. The molecule has 0 rings (SSSR count). The van der Waals surface area contributed by atoms with Crippen LogP contribution >= 0.6 is 0 Å². The van der Waals surface area contributed by atoms with E-state index in [1.165, 1.54) is 173 Å². The Morgan fingerprint density at radius 3 is 0.890 bits per heavy atom. The van der Waals surface area contributed by atoms with Crippen molar-refractivity contribution in [2.45, 2.75) is 297 Å². The molecule has 418 valence electrons. The molecule has 0 fully saturated rings. The minimum Gasteiger partial charge on any atom is -0.462 e. The molecular weight excluding hydrogens is 901 g/mol. The van der Waals surface area contributed by atoms with Crippen molar-refractivity contribution < 1.29 is 28.6 Å². The molecule has 0 bridgehead atoms. The molecular formula is C67H114O6. The van der Waals surface area contributed by atoms with Gasteiger partial charge in [-0.25, -0.2) is 0 Å². The Bertz CT molecular complexity index is 1440. The molecule has 6 heteroatoms. The smallest absolute Gasteiger partial charge is 0.306 e. The van der Waals surface area contributed by atoms with Gasteiger partial charge in [0, 0.05) is 19.3 Å². The second-order valence-electron chi connectivity index (χ2n) is 20.2. The number of carbonyl (C=O) groups excluding carboxylic acids is 3.